The molecule has 0 atom stereocenters. The van der Waals surface area contributed by atoms with Crippen molar-refractivity contribution in [2.24, 2.45) is 5.92 Å². The maximum atomic E-state index is 5.17. The molecule has 1 saturated heterocycles. The number of imidazole rings is 1. The SMILES string of the molecule is Cc1ccc(Cn2c(CC3CCN(C4CCCC4)CC3)nc3cc(C)c(C)cc32)cc1. The molecule has 0 spiro atoms. The van der Waals surface area contributed by atoms with E-state index in [0.717, 1.165) is 30.4 Å². The summed E-state index contributed by atoms with van der Waals surface area (Å²) in [6.45, 7) is 10.1. The van der Waals surface area contributed by atoms with Crippen molar-refractivity contribution in [1.82, 2.24) is 14.5 Å². The van der Waals surface area contributed by atoms with Crippen LogP contribution in [-0.4, -0.2) is 33.6 Å². The highest BCUT2D eigenvalue weighted by molar-refractivity contribution is 5.78. The van der Waals surface area contributed by atoms with E-state index in [1.807, 2.05) is 0 Å². The van der Waals surface area contributed by atoms with Gasteiger partial charge in [0, 0.05) is 19.0 Å². The Kier molecular flexibility index (Phi) is 5.88. The molecule has 31 heavy (non-hydrogen) atoms. The minimum atomic E-state index is 0.758. The van der Waals surface area contributed by atoms with E-state index in [1.54, 1.807) is 0 Å². The highest BCUT2D eigenvalue weighted by atomic mass is 15.2. The van der Waals surface area contributed by atoms with Gasteiger partial charge >= 0.3 is 0 Å². The van der Waals surface area contributed by atoms with Crippen LogP contribution < -0.4 is 0 Å². The third-order valence-corrected chi connectivity index (χ3v) is 7.87. The Morgan fingerprint density at radius 2 is 1.55 bits per heavy atom. The summed E-state index contributed by atoms with van der Waals surface area (Å²) in [6.07, 6.45) is 9.48. The molecule has 3 nitrogen and oxygen atoms in total. The molecule has 1 aliphatic heterocycles. The van der Waals surface area contributed by atoms with Gasteiger partial charge in [0.25, 0.3) is 0 Å². The van der Waals surface area contributed by atoms with Crippen molar-refractivity contribution in [3.8, 4) is 0 Å². The lowest BCUT2D eigenvalue weighted by Crippen LogP contribution is -2.40. The van der Waals surface area contributed by atoms with Crippen LogP contribution in [0.3, 0.4) is 0 Å². The zero-order chi connectivity index (χ0) is 21.4. The first-order chi connectivity index (χ1) is 15.1. The van der Waals surface area contributed by atoms with Crippen molar-refractivity contribution in [3.63, 3.8) is 0 Å². The van der Waals surface area contributed by atoms with Gasteiger partial charge in [0.15, 0.2) is 0 Å². The van der Waals surface area contributed by atoms with Gasteiger partial charge in [-0.25, -0.2) is 4.98 Å². The third kappa shape index (κ3) is 4.43. The standard InChI is InChI=1S/C28H37N3/c1-20-8-10-24(11-9-20)19-31-27-17-22(3)21(2)16-26(27)29-28(31)18-23-12-14-30(15-13-23)25-6-4-5-7-25/h8-11,16-17,23,25H,4-7,12-15,18-19H2,1-3H3. The Bertz CT molecular complexity index is 1030. The van der Waals surface area contributed by atoms with E-state index < -0.39 is 0 Å². The minimum Gasteiger partial charge on any atom is -0.323 e. The first kappa shape index (κ1) is 20.8. The summed E-state index contributed by atoms with van der Waals surface area (Å²) < 4.78 is 2.50. The summed E-state index contributed by atoms with van der Waals surface area (Å²) in [7, 11) is 0. The predicted octanol–water partition coefficient (Wildman–Crippen LogP) is 6.21. The number of rotatable bonds is 5. The van der Waals surface area contributed by atoms with E-state index in [4.69, 9.17) is 4.98 Å². The van der Waals surface area contributed by atoms with Crippen molar-refractivity contribution in [2.45, 2.75) is 78.3 Å². The molecule has 1 aliphatic carbocycles. The number of hydrogen-bond acceptors (Lipinski definition) is 2. The van der Waals surface area contributed by atoms with E-state index in [0.29, 0.717) is 0 Å². The zero-order valence-corrected chi connectivity index (χ0v) is 19.5. The largest absolute Gasteiger partial charge is 0.323 e. The van der Waals surface area contributed by atoms with Crippen molar-refractivity contribution < 1.29 is 0 Å². The lowest BCUT2D eigenvalue weighted by Gasteiger charge is -2.36. The number of aryl methyl sites for hydroxylation is 3. The molecule has 164 valence electrons. The van der Waals surface area contributed by atoms with Crippen LogP contribution in [0.15, 0.2) is 36.4 Å². The summed E-state index contributed by atoms with van der Waals surface area (Å²) in [6, 6.07) is 14.5. The van der Waals surface area contributed by atoms with E-state index >= 15 is 0 Å². The molecule has 0 bridgehead atoms. The van der Waals surface area contributed by atoms with Crippen LogP contribution in [0.1, 0.15) is 66.6 Å². The number of piperidine rings is 1. The van der Waals surface area contributed by atoms with E-state index in [9.17, 15) is 0 Å². The Labute approximate surface area is 187 Å². The average Bonchev–Trinajstić information content (AvgIpc) is 3.40. The molecule has 5 rings (SSSR count). The second-order valence-electron chi connectivity index (χ2n) is 10.1. The summed E-state index contributed by atoms with van der Waals surface area (Å²) in [4.78, 5) is 7.95. The zero-order valence-electron chi connectivity index (χ0n) is 19.5. The first-order valence-electron chi connectivity index (χ1n) is 12.3. The van der Waals surface area contributed by atoms with E-state index in [-0.39, 0.29) is 0 Å². The van der Waals surface area contributed by atoms with Gasteiger partial charge in [0.05, 0.1) is 11.0 Å². The quantitative estimate of drug-likeness (QED) is 0.494. The molecule has 2 aliphatic rings. The second kappa shape index (κ2) is 8.78. The van der Waals surface area contributed by atoms with Gasteiger partial charge < -0.3 is 9.47 Å². The fourth-order valence-electron chi connectivity index (χ4n) is 5.69. The molecule has 2 fully saturated rings. The Morgan fingerprint density at radius 3 is 2.26 bits per heavy atom. The number of aromatic nitrogens is 2. The van der Waals surface area contributed by atoms with Crippen LogP contribution >= 0.6 is 0 Å². The summed E-state index contributed by atoms with van der Waals surface area (Å²) in [5, 5.41) is 0. The maximum absolute atomic E-state index is 5.17. The highest BCUT2D eigenvalue weighted by Crippen LogP contribution is 2.30. The van der Waals surface area contributed by atoms with Gasteiger partial charge in [0.1, 0.15) is 5.82 Å². The first-order valence-corrected chi connectivity index (χ1v) is 12.3. The van der Waals surface area contributed by atoms with Crippen LogP contribution in [0.4, 0.5) is 0 Å². The van der Waals surface area contributed by atoms with E-state index in [2.05, 4.69) is 66.6 Å². The molecule has 2 aromatic carbocycles. The topological polar surface area (TPSA) is 21.1 Å². The number of fused-ring (bicyclic) bond motifs is 1. The van der Waals surface area contributed by atoms with Gasteiger partial charge in [-0.1, -0.05) is 42.7 Å². The molecule has 0 unspecified atom stereocenters. The number of nitrogens with zero attached hydrogens (tertiary/aromatic N) is 3. The van der Waals surface area contributed by atoms with Crippen molar-refractivity contribution in [3.05, 3.63) is 64.5 Å². The molecular weight excluding hydrogens is 378 g/mol. The van der Waals surface area contributed by atoms with Gasteiger partial charge in [-0.05, 0) is 94.3 Å². The summed E-state index contributed by atoms with van der Waals surface area (Å²) in [5.74, 6) is 2.04. The van der Waals surface area contributed by atoms with Crippen LogP contribution in [0, 0.1) is 26.7 Å². The van der Waals surface area contributed by atoms with Gasteiger partial charge in [0.2, 0.25) is 0 Å². The van der Waals surface area contributed by atoms with Crippen LogP contribution in [-0.2, 0) is 13.0 Å². The molecule has 2 heterocycles. The Hall–Kier alpha value is -2.13. The maximum Gasteiger partial charge on any atom is 0.110 e. The molecule has 3 heteroatoms. The lowest BCUT2D eigenvalue weighted by atomic mass is 9.92. The molecule has 3 aromatic rings. The average molecular weight is 416 g/mol. The molecular formula is C28H37N3. The molecule has 0 N–H and O–H groups in total. The Morgan fingerprint density at radius 1 is 0.871 bits per heavy atom. The lowest BCUT2D eigenvalue weighted by molar-refractivity contribution is 0.133. The Balaban J connectivity index is 1.38. The van der Waals surface area contributed by atoms with Crippen molar-refractivity contribution in [1.29, 1.82) is 0 Å². The molecule has 0 amide bonds. The normalized spacial score (nSPS) is 18.9. The van der Waals surface area contributed by atoms with Crippen LogP contribution in [0.5, 0.6) is 0 Å². The van der Waals surface area contributed by atoms with Gasteiger partial charge in [-0.3, -0.25) is 0 Å². The van der Waals surface area contributed by atoms with Gasteiger partial charge in [-0.2, -0.15) is 0 Å². The van der Waals surface area contributed by atoms with Crippen molar-refractivity contribution >= 4 is 11.0 Å². The van der Waals surface area contributed by atoms with Crippen LogP contribution in [0.25, 0.3) is 11.0 Å². The third-order valence-electron chi connectivity index (χ3n) is 7.87. The molecule has 1 aromatic heterocycles. The number of likely N-dealkylation sites (tertiary alicyclic amines) is 1. The minimum absolute atomic E-state index is 0.758. The molecule has 0 radical (unpaired) electrons. The summed E-state index contributed by atoms with van der Waals surface area (Å²) in [5.41, 5.74) is 7.83. The molecule has 1 saturated carbocycles. The second-order valence-corrected chi connectivity index (χ2v) is 10.1. The van der Waals surface area contributed by atoms with Crippen molar-refractivity contribution in [2.75, 3.05) is 13.1 Å². The number of benzene rings is 2. The van der Waals surface area contributed by atoms with Crippen LogP contribution in [0.2, 0.25) is 0 Å². The smallest absolute Gasteiger partial charge is 0.110 e. The highest BCUT2D eigenvalue weighted by Gasteiger charge is 2.28. The fraction of sp³-hybridized carbons (Fsp3) is 0.536. The predicted molar refractivity (Wildman–Crippen MR) is 130 cm³/mol. The fourth-order valence-corrected chi connectivity index (χ4v) is 5.69. The summed E-state index contributed by atoms with van der Waals surface area (Å²) >= 11 is 0. The van der Waals surface area contributed by atoms with Gasteiger partial charge in [-0.15, -0.1) is 0 Å². The van der Waals surface area contributed by atoms with E-state index in [1.165, 1.54) is 85.2 Å². The monoisotopic (exact) mass is 415 g/mol. The number of hydrogen-bond donors (Lipinski definition) is 0.